The molecule has 0 radical (unpaired) electrons. The highest BCUT2D eigenvalue weighted by molar-refractivity contribution is 7.92. The predicted molar refractivity (Wildman–Crippen MR) is 123 cm³/mol. The maximum atomic E-state index is 11.4. The zero-order valence-electron chi connectivity index (χ0n) is 17.6. The van der Waals surface area contributed by atoms with E-state index in [1.807, 2.05) is 18.2 Å². The van der Waals surface area contributed by atoms with Gasteiger partial charge in [-0.25, -0.2) is 8.42 Å². The smallest absolute Gasteiger partial charge is 0.229 e. The molecule has 0 saturated carbocycles. The van der Waals surface area contributed by atoms with Crippen LogP contribution in [0.1, 0.15) is 37.1 Å². The van der Waals surface area contributed by atoms with E-state index in [1.165, 1.54) is 6.07 Å². The van der Waals surface area contributed by atoms with Crippen LogP contribution in [0.2, 0.25) is 5.02 Å². The number of benzene rings is 2. The molecule has 0 aliphatic heterocycles. The summed E-state index contributed by atoms with van der Waals surface area (Å²) >= 11 is 6.02. The Morgan fingerprint density at radius 3 is 2.71 bits per heavy atom. The van der Waals surface area contributed by atoms with Crippen LogP contribution in [0.15, 0.2) is 36.4 Å². The summed E-state index contributed by atoms with van der Waals surface area (Å²) in [5.74, 6) is 1.09. The number of rotatable bonds is 10. The van der Waals surface area contributed by atoms with E-state index in [2.05, 4.69) is 34.1 Å². The van der Waals surface area contributed by atoms with Gasteiger partial charge in [0.2, 0.25) is 10.0 Å². The molecule has 3 aromatic rings. The largest absolute Gasteiger partial charge is 0.492 e. The van der Waals surface area contributed by atoms with E-state index >= 15 is 0 Å². The van der Waals surface area contributed by atoms with Gasteiger partial charge in [-0.15, -0.1) is 0 Å². The van der Waals surface area contributed by atoms with Gasteiger partial charge in [-0.05, 0) is 35.7 Å². The van der Waals surface area contributed by atoms with Crippen molar-refractivity contribution in [2.45, 2.75) is 25.9 Å². The second-order valence-electron chi connectivity index (χ2n) is 7.65. The first kappa shape index (κ1) is 23.3. The Hall–Kier alpha value is -2.33. The Bertz CT molecular complexity index is 1150. The lowest BCUT2D eigenvalue weighted by molar-refractivity contribution is 0.172. The lowest BCUT2D eigenvalue weighted by atomic mass is 10.1. The van der Waals surface area contributed by atoms with Gasteiger partial charge in [0.15, 0.2) is 0 Å². The molecule has 31 heavy (non-hydrogen) atoms. The van der Waals surface area contributed by atoms with Gasteiger partial charge in [0, 0.05) is 30.2 Å². The van der Waals surface area contributed by atoms with Crippen LogP contribution >= 0.6 is 11.6 Å². The Morgan fingerprint density at radius 1 is 1.23 bits per heavy atom. The number of nitrogens with one attached hydrogen (secondary N) is 3. The van der Waals surface area contributed by atoms with E-state index in [-0.39, 0.29) is 17.3 Å². The second kappa shape index (κ2) is 9.86. The molecular formula is C21H27ClN4O4S. The van der Waals surface area contributed by atoms with Crippen molar-refractivity contribution in [1.82, 2.24) is 15.5 Å². The molecule has 0 unspecified atom stereocenters. The van der Waals surface area contributed by atoms with Crippen LogP contribution in [-0.2, 0) is 10.0 Å². The summed E-state index contributed by atoms with van der Waals surface area (Å²) in [6, 6.07) is 10.6. The highest BCUT2D eigenvalue weighted by Gasteiger charge is 2.13. The van der Waals surface area contributed by atoms with Crippen molar-refractivity contribution in [2.24, 2.45) is 0 Å². The van der Waals surface area contributed by atoms with E-state index in [0.717, 1.165) is 28.6 Å². The second-order valence-corrected chi connectivity index (χ2v) is 9.81. The third-order valence-corrected chi connectivity index (χ3v) is 5.61. The quantitative estimate of drug-likeness (QED) is 0.340. The van der Waals surface area contributed by atoms with Crippen molar-refractivity contribution >= 4 is 38.2 Å². The summed E-state index contributed by atoms with van der Waals surface area (Å²) in [7, 11) is -3.46. The number of halogens is 1. The summed E-state index contributed by atoms with van der Waals surface area (Å²) in [5.41, 5.74) is 2.76. The molecular weight excluding hydrogens is 440 g/mol. The van der Waals surface area contributed by atoms with E-state index < -0.39 is 16.1 Å². The summed E-state index contributed by atoms with van der Waals surface area (Å²) in [5, 5.41) is 22.3. The Kier molecular flexibility index (Phi) is 7.42. The molecule has 0 fully saturated rings. The summed E-state index contributed by atoms with van der Waals surface area (Å²) in [4.78, 5) is 0. The van der Waals surface area contributed by atoms with Crippen molar-refractivity contribution in [3.05, 3.63) is 52.7 Å². The zero-order valence-corrected chi connectivity index (χ0v) is 19.2. The van der Waals surface area contributed by atoms with Crippen molar-refractivity contribution in [2.75, 3.05) is 30.7 Å². The Labute approximate surface area is 187 Å². The van der Waals surface area contributed by atoms with Crippen LogP contribution in [0.4, 0.5) is 5.69 Å². The van der Waals surface area contributed by atoms with Crippen molar-refractivity contribution < 1.29 is 18.3 Å². The lowest BCUT2D eigenvalue weighted by Crippen LogP contribution is -2.26. The fourth-order valence-corrected chi connectivity index (χ4v) is 3.96. The zero-order chi connectivity index (χ0) is 22.6. The fourth-order valence-electron chi connectivity index (χ4n) is 3.17. The standard InChI is InChI=1S/C21H27ClN4O4S/c1-13(2)21-16-6-5-15(11-18(16)24-25-21)30-9-8-23-12-20(27)14-4-7-17(22)19(10-14)26-31(3,28)29/h4-7,10-11,13,20,23,26-27H,8-9,12H2,1-3H3,(H,24,25)/t20-/m0/s1. The molecule has 3 rings (SSSR count). The number of anilines is 1. The number of ether oxygens (including phenoxy) is 1. The van der Waals surface area contributed by atoms with Gasteiger partial charge in [-0.2, -0.15) is 5.10 Å². The third-order valence-electron chi connectivity index (χ3n) is 4.69. The van der Waals surface area contributed by atoms with Gasteiger partial charge in [0.05, 0.1) is 28.6 Å². The summed E-state index contributed by atoms with van der Waals surface area (Å²) in [6.07, 6.45) is 0.216. The molecule has 168 valence electrons. The number of hydrogen-bond acceptors (Lipinski definition) is 6. The number of aliphatic hydroxyl groups is 1. The summed E-state index contributed by atoms with van der Waals surface area (Å²) in [6.45, 7) is 5.45. The molecule has 10 heteroatoms. The van der Waals surface area contributed by atoms with Crippen LogP contribution in [0, 0.1) is 0 Å². The first-order valence-corrected chi connectivity index (χ1v) is 12.2. The maximum absolute atomic E-state index is 11.4. The molecule has 1 atom stereocenters. The fraction of sp³-hybridized carbons (Fsp3) is 0.381. The number of aromatic amines is 1. The molecule has 2 aromatic carbocycles. The normalized spacial score (nSPS) is 13.0. The van der Waals surface area contributed by atoms with Crippen molar-refractivity contribution in [1.29, 1.82) is 0 Å². The Morgan fingerprint density at radius 2 is 2.00 bits per heavy atom. The minimum atomic E-state index is -3.46. The first-order valence-electron chi connectivity index (χ1n) is 9.91. The average molecular weight is 467 g/mol. The summed E-state index contributed by atoms with van der Waals surface area (Å²) < 4.78 is 31.0. The topological polar surface area (TPSA) is 116 Å². The number of aromatic nitrogens is 2. The van der Waals surface area contributed by atoms with Crippen LogP contribution in [0.25, 0.3) is 10.9 Å². The van der Waals surface area contributed by atoms with Gasteiger partial charge in [-0.1, -0.05) is 31.5 Å². The lowest BCUT2D eigenvalue weighted by Gasteiger charge is -2.15. The monoisotopic (exact) mass is 466 g/mol. The number of fused-ring (bicyclic) bond motifs is 1. The SMILES string of the molecule is CC(C)c1[nH]nc2cc(OCCNC[C@H](O)c3ccc(Cl)c(NS(C)(=O)=O)c3)ccc12. The van der Waals surface area contributed by atoms with Crippen molar-refractivity contribution in [3.63, 3.8) is 0 Å². The van der Waals surface area contributed by atoms with E-state index in [1.54, 1.807) is 12.1 Å². The first-order chi connectivity index (χ1) is 14.6. The van der Waals surface area contributed by atoms with Crippen LogP contribution in [0.3, 0.4) is 0 Å². The molecule has 1 aromatic heterocycles. The third kappa shape index (κ3) is 6.33. The molecule has 0 aliphatic carbocycles. The number of nitrogens with zero attached hydrogens (tertiary/aromatic N) is 1. The predicted octanol–water partition coefficient (Wildman–Crippen LogP) is 3.41. The van der Waals surface area contributed by atoms with E-state index in [0.29, 0.717) is 24.6 Å². The number of sulfonamides is 1. The van der Waals surface area contributed by atoms with Crippen LogP contribution < -0.4 is 14.8 Å². The molecule has 0 spiro atoms. The van der Waals surface area contributed by atoms with Gasteiger partial charge in [0.1, 0.15) is 12.4 Å². The molecule has 0 saturated heterocycles. The maximum Gasteiger partial charge on any atom is 0.229 e. The minimum Gasteiger partial charge on any atom is -0.492 e. The van der Waals surface area contributed by atoms with Gasteiger partial charge >= 0.3 is 0 Å². The molecule has 4 N–H and O–H groups in total. The van der Waals surface area contributed by atoms with E-state index in [9.17, 15) is 13.5 Å². The molecule has 8 nitrogen and oxygen atoms in total. The molecule has 0 amide bonds. The highest BCUT2D eigenvalue weighted by atomic mass is 35.5. The van der Waals surface area contributed by atoms with Gasteiger partial charge in [-0.3, -0.25) is 9.82 Å². The molecule has 1 heterocycles. The number of aliphatic hydroxyl groups excluding tert-OH is 1. The van der Waals surface area contributed by atoms with Gasteiger partial charge in [0.25, 0.3) is 0 Å². The highest BCUT2D eigenvalue weighted by Crippen LogP contribution is 2.27. The number of H-pyrrole nitrogens is 1. The van der Waals surface area contributed by atoms with Crippen LogP contribution in [-0.4, -0.2) is 49.7 Å². The molecule has 0 aliphatic rings. The molecule has 0 bridgehead atoms. The van der Waals surface area contributed by atoms with E-state index in [4.69, 9.17) is 16.3 Å². The average Bonchev–Trinajstić information content (AvgIpc) is 3.11. The number of hydrogen-bond donors (Lipinski definition) is 4. The Balaban J connectivity index is 1.48. The van der Waals surface area contributed by atoms with Gasteiger partial charge < -0.3 is 15.2 Å². The minimum absolute atomic E-state index is 0.235. The van der Waals surface area contributed by atoms with Crippen molar-refractivity contribution in [3.8, 4) is 5.75 Å². The van der Waals surface area contributed by atoms with Crippen LogP contribution in [0.5, 0.6) is 5.75 Å².